The Morgan fingerprint density at radius 3 is 1.94 bits per heavy atom. The molecule has 2 atom stereocenters. The molecular formula is C40H42N6O3S. The highest BCUT2D eigenvalue weighted by Crippen LogP contribution is 2.44. The number of hydrogen-bond acceptors (Lipinski definition) is 6. The topological polar surface area (TPSA) is 101 Å². The van der Waals surface area contributed by atoms with Crippen molar-refractivity contribution < 1.29 is 13.7 Å². The average Bonchev–Trinajstić information content (AvgIpc) is 3.95. The lowest BCUT2D eigenvalue weighted by Gasteiger charge is -2.33. The molecule has 0 fully saturated rings. The predicted octanol–water partition coefficient (Wildman–Crippen LogP) is 6.91. The molecule has 10 heteroatoms. The molecule has 256 valence electrons. The van der Waals surface area contributed by atoms with Gasteiger partial charge in [0.25, 0.3) is 0 Å². The van der Waals surface area contributed by atoms with Crippen LogP contribution in [0.25, 0.3) is 0 Å². The van der Waals surface area contributed by atoms with Gasteiger partial charge in [-0.3, -0.25) is 0 Å². The van der Waals surface area contributed by atoms with E-state index in [-0.39, 0.29) is 10.9 Å². The van der Waals surface area contributed by atoms with E-state index in [1.165, 1.54) is 22.3 Å². The van der Waals surface area contributed by atoms with E-state index in [2.05, 4.69) is 26.1 Å². The summed E-state index contributed by atoms with van der Waals surface area (Å²) in [7, 11) is 0.186. The third-order valence-electron chi connectivity index (χ3n) is 10.1. The fourth-order valence-electron chi connectivity index (χ4n) is 7.97. The van der Waals surface area contributed by atoms with Crippen LogP contribution in [0.2, 0.25) is 0 Å². The highest BCUT2D eigenvalue weighted by atomic mass is 32.2. The van der Waals surface area contributed by atoms with Gasteiger partial charge >= 0.3 is 6.03 Å². The first-order chi connectivity index (χ1) is 24.4. The van der Waals surface area contributed by atoms with Crippen molar-refractivity contribution in [2.24, 2.45) is 4.36 Å². The van der Waals surface area contributed by atoms with E-state index in [9.17, 15) is 4.79 Å². The van der Waals surface area contributed by atoms with Crippen molar-refractivity contribution in [2.45, 2.75) is 55.0 Å². The molecule has 4 aromatic carbocycles. The number of likely N-dealkylation sites (N-methyl/N-ethyl adjacent to an activating group) is 1. The minimum absolute atomic E-state index is 0.0807. The smallest absolute Gasteiger partial charge is 0.331 e. The van der Waals surface area contributed by atoms with Crippen LogP contribution in [0.5, 0.6) is 5.88 Å². The molecule has 0 saturated heterocycles. The fourth-order valence-corrected chi connectivity index (χ4v) is 9.80. The molecule has 0 bridgehead atoms. The standard InChI is InChI=1S/C40H42N6O3S/c1-45(2)26-33-27-49-38-36(25-41-46(33)38)50(48,43-39(47)42-37-34-22-12-14-28(34)24-29-15-13-23-35(29)37)44-40(30-16-6-3-7-17-30,31-18-8-4-9-19-31)32-20-10-5-11-21-32/h3-11,16-21,24-25,33H,12-15,22-23,26-27H2,1-2H3,(H2,42,43,44,47,48). The van der Waals surface area contributed by atoms with Crippen LogP contribution < -0.4 is 14.8 Å². The number of aryl methyl sites for hydroxylation is 2. The van der Waals surface area contributed by atoms with Crippen LogP contribution in [0.15, 0.2) is 113 Å². The van der Waals surface area contributed by atoms with Gasteiger partial charge in [0.15, 0.2) is 9.92 Å². The predicted molar refractivity (Wildman–Crippen MR) is 196 cm³/mol. The third kappa shape index (κ3) is 5.66. The normalized spacial score (nSPS) is 17.4. The van der Waals surface area contributed by atoms with E-state index in [0.717, 1.165) is 60.9 Å². The largest absolute Gasteiger partial charge is 0.475 e. The van der Waals surface area contributed by atoms with Gasteiger partial charge < -0.3 is 15.0 Å². The molecule has 0 spiro atoms. The maximum atomic E-state index is 16.1. The van der Waals surface area contributed by atoms with Crippen molar-refractivity contribution in [2.75, 3.05) is 32.6 Å². The zero-order valence-corrected chi connectivity index (χ0v) is 29.3. The molecule has 1 aromatic heterocycles. The fraction of sp³-hybridized carbons (Fsp3) is 0.300. The van der Waals surface area contributed by atoms with E-state index >= 15 is 4.21 Å². The highest BCUT2D eigenvalue weighted by molar-refractivity contribution is 7.92. The molecule has 2 amide bonds. The summed E-state index contributed by atoms with van der Waals surface area (Å²) in [5.41, 5.74) is 7.00. The van der Waals surface area contributed by atoms with Gasteiger partial charge in [-0.25, -0.2) is 18.4 Å². The lowest BCUT2D eigenvalue weighted by Crippen LogP contribution is -2.38. The van der Waals surface area contributed by atoms with Crippen LogP contribution in [0.4, 0.5) is 10.5 Å². The Balaban J connectivity index is 1.34. The SMILES string of the molecule is CN(C)CC1COc2c(S(=O)(=NC(c3ccccc3)(c3ccccc3)c3ccccc3)NC(=O)Nc3c4c(cc5c3CCC5)CCC4)cnn21. The number of benzene rings is 4. The Labute approximate surface area is 294 Å². The zero-order valence-electron chi connectivity index (χ0n) is 28.5. The number of urea groups is 1. The number of aromatic nitrogens is 2. The van der Waals surface area contributed by atoms with Gasteiger partial charge in [0.1, 0.15) is 23.1 Å². The Hall–Kier alpha value is -4.93. The second-order valence-corrected chi connectivity index (χ2v) is 15.6. The van der Waals surface area contributed by atoms with Crippen LogP contribution >= 0.6 is 0 Å². The lowest BCUT2D eigenvalue weighted by molar-refractivity contribution is 0.256. The number of carbonyl (C=O) groups excluding carboxylic acids is 1. The maximum Gasteiger partial charge on any atom is 0.331 e. The molecule has 2 heterocycles. The monoisotopic (exact) mass is 686 g/mol. The summed E-state index contributed by atoms with van der Waals surface area (Å²) in [6.45, 7) is 1.06. The molecule has 0 radical (unpaired) electrons. The summed E-state index contributed by atoms with van der Waals surface area (Å²) in [6, 6.07) is 31.2. The van der Waals surface area contributed by atoms with Gasteiger partial charge in [0.05, 0.1) is 6.20 Å². The molecule has 3 aliphatic rings. The number of hydrogen-bond donors (Lipinski definition) is 2. The highest BCUT2D eigenvalue weighted by Gasteiger charge is 2.41. The molecule has 8 rings (SSSR count). The first-order valence-corrected chi connectivity index (χ1v) is 18.9. The van der Waals surface area contributed by atoms with Gasteiger partial charge in [0.2, 0.25) is 5.88 Å². The van der Waals surface area contributed by atoms with E-state index in [1.807, 2.05) is 105 Å². The van der Waals surface area contributed by atoms with Gasteiger partial charge in [-0.05, 0) is 91.6 Å². The number of fused-ring (bicyclic) bond motifs is 3. The summed E-state index contributed by atoms with van der Waals surface area (Å²) in [4.78, 5) is 16.7. The van der Waals surface area contributed by atoms with Crippen LogP contribution in [0, 0.1) is 0 Å². The second-order valence-electron chi connectivity index (χ2n) is 13.7. The molecule has 5 aromatic rings. The third-order valence-corrected chi connectivity index (χ3v) is 12.0. The van der Waals surface area contributed by atoms with E-state index in [0.29, 0.717) is 19.0 Å². The first kappa shape index (κ1) is 32.3. The van der Waals surface area contributed by atoms with Crippen molar-refractivity contribution >= 4 is 21.6 Å². The summed E-state index contributed by atoms with van der Waals surface area (Å²) in [5.74, 6) is 0.357. The van der Waals surface area contributed by atoms with Crippen molar-refractivity contribution in [3.05, 3.63) is 142 Å². The van der Waals surface area contributed by atoms with Crippen molar-refractivity contribution in [3.63, 3.8) is 0 Å². The minimum Gasteiger partial charge on any atom is -0.475 e. The van der Waals surface area contributed by atoms with Crippen LogP contribution in [0.1, 0.15) is 57.8 Å². The minimum atomic E-state index is -3.81. The van der Waals surface area contributed by atoms with Gasteiger partial charge in [0, 0.05) is 12.2 Å². The number of anilines is 1. The van der Waals surface area contributed by atoms with Gasteiger partial charge in [-0.1, -0.05) is 97.1 Å². The Bertz CT molecular complexity index is 2030. The zero-order chi connectivity index (χ0) is 34.3. The molecule has 2 unspecified atom stereocenters. The second kappa shape index (κ2) is 13.1. The first-order valence-electron chi connectivity index (χ1n) is 17.4. The number of ether oxygens (including phenoxy) is 1. The van der Waals surface area contributed by atoms with Gasteiger partial charge in [-0.2, -0.15) is 9.46 Å². The molecule has 9 nitrogen and oxygen atoms in total. The molecular weight excluding hydrogens is 645 g/mol. The summed E-state index contributed by atoms with van der Waals surface area (Å²) in [6.07, 6.45) is 7.50. The molecule has 50 heavy (non-hydrogen) atoms. The van der Waals surface area contributed by atoms with E-state index in [1.54, 1.807) is 10.9 Å². The molecule has 2 aliphatic carbocycles. The number of nitrogens with zero attached hydrogens (tertiary/aromatic N) is 4. The lowest BCUT2D eigenvalue weighted by atomic mass is 9.78. The number of amides is 2. The van der Waals surface area contributed by atoms with Crippen molar-refractivity contribution in [1.29, 1.82) is 0 Å². The Morgan fingerprint density at radius 1 is 0.880 bits per heavy atom. The van der Waals surface area contributed by atoms with Crippen molar-refractivity contribution in [3.8, 4) is 5.88 Å². The van der Waals surface area contributed by atoms with Crippen molar-refractivity contribution in [1.82, 2.24) is 19.4 Å². The van der Waals surface area contributed by atoms with E-state index in [4.69, 9.17) is 9.10 Å². The molecule has 0 saturated carbocycles. The maximum absolute atomic E-state index is 16.1. The average molecular weight is 687 g/mol. The Kier molecular flexibility index (Phi) is 8.44. The Morgan fingerprint density at radius 2 is 1.42 bits per heavy atom. The van der Waals surface area contributed by atoms with Gasteiger partial charge in [-0.15, -0.1) is 0 Å². The van der Waals surface area contributed by atoms with Crippen LogP contribution in [-0.4, -0.2) is 52.2 Å². The summed E-state index contributed by atoms with van der Waals surface area (Å²) >= 11 is 0. The quantitative estimate of drug-likeness (QED) is 0.164. The summed E-state index contributed by atoms with van der Waals surface area (Å²) in [5, 5.41) is 7.89. The summed E-state index contributed by atoms with van der Waals surface area (Å²) < 4.78 is 32.4. The van der Waals surface area contributed by atoms with Crippen LogP contribution in [0.3, 0.4) is 0 Å². The van der Waals surface area contributed by atoms with E-state index < -0.39 is 21.5 Å². The number of carbonyl (C=O) groups is 1. The molecule has 1 aliphatic heterocycles. The number of nitrogens with one attached hydrogen (secondary N) is 2. The van der Waals surface area contributed by atoms with Crippen LogP contribution in [-0.2, 0) is 41.1 Å². The molecule has 2 N–H and O–H groups in total. The number of rotatable bonds is 9.